The smallest absolute Gasteiger partial charge is 0.245 e. The summed E-state index contributed by atoms with van der Waals surface area (Å²) in [6.07, 6.45) is 21.7. The van der Waals surface area contributed by atoms with E-state index in [9.17, 15) is 4.79 Å². The van der Waals surface area contributed by atoms with Crippen molar-refractivity contribution in [3.63, 3.8) is 0 Å². The lowest BCUT2D eigenvalue weighted by atomic mass is 10.1. The van der Waals surface area contributed by atoms with Crippen molar-refractivity contribution >= 4 is 5.91 Å². The van der Waals surface area contributed by atoms with Crippen LogP contribution in [0.1, 0.15) is 84.0 Å². The van der Waals surface area contributed by atoms with E-state index in [1.165, 1.54) is 76.7 Å². The van der Waals surface area contributed by atoms with Gasteiger partial charge in [0.15, 0.2) is 0 Å². The van der Waals surface area contributed by atoms with Gasteiger partial charge in [0.05, 0.1) is 0 Å². The number of nitrogens with zero attached hydrogens (tertiary/aromatic N) is 1. The van der Waals surface area contributed by atoms with Crippen LogP contribution in [0.15, 0.2) is 24.8 Å². The zero-order valence-electron chi connectivity index (χ0n) is 15.0. The third-order valence-electron chi connectivity index (χ3n) is 4.06. The minimum atomic E-state index is 0.0291. The van der Waals surface area contributed by atoms with Crippen molar-refractivity contribution in [2.24, 2.45) is 0 Å². The fraction of sp³-hybridized carbons (Fsp3) is 0.750. The molecule has 0 N–H and O–H groups in total. The molecule has 0 radical (unpaired) electrons. The monoisotopic (exact) mass is 307 g/mol. The number of carbonyl (C=O) groups excluding carboxylic acids is 1. The van der Waals surface area contributed by atoms with E-state index >= 15 is 0 Å². The first-order valence-electron chi connectivity index (χ1n) is 9.25. The highest BCUT2D eigenvalue weighted by molar-refractivity contribution is 5.86. The SMILES string of the molecule is C=CC(=O)N(C)CCCCCCCC/C=C\CCCCCC. The van der Waals surface area contributed by atoms with Gasteiger partial charge in [0.1, 0.15) is 0 Å². The summed E-state index contributed by atoms with van der Waals surface area (Å²) in [6.45, 7) is 6.61. The van der Waals surface area contributed by atoms with E-state index in [4.69, 9.17) is 0 Å². The second kappa shape index (κ2) is 16.3. The zero-order chi connectivity index (χ0) is 16.5. The van der Waals surface area contributed by atoms with Crippen LogP contribution in [0, 0.1) is 0 Å². The largest absolute Gasteiger partial charge is 0.342 e. The molecule has 2 heteroatoms. The number of unbranched alkanes of at least 4 members (excludes halogenated alkanes) is 10. The van der Waals surface area contributed by atoms with Crippen LogP contribution in [-0.4, -0.2) is 24.4 Å². The maximum Gasteiger partial charge on any atom is 0.245 e. The molecule has 0 aliphatic heterocycles. The molecule has 0 fully saturated rings. The highest BCUT2D eigenvalue weighted by Gasteiger charge is 2.02. The van der Waals surface area contributed by atoms with Gasteiger partial charge in [0.25, 0.3) is 0 Å². The fourth-order valence-corrected chi connectivity index (χ4v) is 2.51. The minimum absolute atomic E-state index is 0.0291. The van der Waals surface area contributed by atoms with Gasteiger partial charge in [-0.15, -0.1) is 0 Å². The Balaban J connectivity index is 3.22. The van der Waals surface area contributed by atoms with Gasteiger partial charge < -0.3 is 4.90 Å². The number of amides is 1. The van der Waals surface area contributed by atoms with Crippen LogP contribution in [0.3, 0.4) is 0 Å². The second-order valence-corrected chi connectivity index (χ2v) is 6.19. The molecule has 0 saturated heterocycles. The van der Waals surface area contributed by atoms with Crippen molar-refractivity contribution in [3.05, 3.63) is 24.8 Å². The molecule has 1 amide bonds. The van der Waals surface area contributed by atoms with E-state index in [0.29, 0.717) is 0 Å². The highest BCUT2D eigenvalue weighted by atomic mass is 16.2. The second-order valence-electron chi connectivity index (χ2n) is 6.19. The first kappa shape index (κ1) is 20.9. The number of carbonyl (C=O) groups is 1. The molecule has 0 unspecified atom stereocenters. The Labute approximate surface area is 138 Å². The van der Waals surface area contributed by atoms with E-state index in [0.717, 1.165) is 13.0 Å². The maximum atomic E-state index is 11.3. The average Bonchev–Trinajstić information content (AvgIpc) is 2.54. The van der Waals surface area contributed by atoms with Crippen LogP contribution < -0.4 is 0 Å². The molecule has 0 bridgehead atoms. The number of rotatable bonds is 15. The lowest BCUT2D eigenvalue weighted by Crippen LogP contribution is -2.25. The van der Waals surface area contributed by atoms with Gasteiger partial charge in [-0.1, -0.05) is 70.6 Å². The Hall–Kier alpha value is -1.05. The van der Waals surface area contributed by atoms with Crippen LogP contribution >= 0.6 is 0 Å². The Morgan fingerprint density at radius 1 is 0.864 bits per heavy atom. The lowest BCUT2D eigenvalue weighted by Gasteiger charge is -2.14. The molecule has 22 heavy (non-hydrogen) atoms. The predicted octanol–water partition coefficient (Wildman–Crippen LogP) is 5.89. The fourth-order valence-electron chi connectivity index (χ4n) is 2.51. The summed E-state index contributed by atoms with van der Waals surface area (Å²) in [5.74, 6) is 0.0291. The Bertz CT molecular complexity index is 296. The van der Waals surface area contributed by atoms with E-state index < -0.39 is 0 Å². The third-order valence-corrected chi connectivity index (χ3v) is 4.06. The number of allylic oxidation sites excluding steroid dienone is 2. The molecule has 0 aliphatic carbocycles. The summed E-state index contributed by atoms with van der Waals surface area (Å²) >= 11 is 0. The van der Waals surface area contributed by atoms with Gasteiger partial charge in [-0.3, -0.25) is 4.79 Å². The standard InChI is InChI=1S/C20H37NO/c1-4-6-7-8-9-10-11-12-13-14-15-16-17-18-19-21(3)20(22)5-2/h5,10-11H,2,4,6-9,12-19H2,1,3H3/b11-10-. The first-order chi connectivity index (χ1) is 10.7. The quantitative estimate of drug-likeness (QED) is 0.210. The molecule has 0 aromatic rings. The number of hydrogen-bond acceptors (Lipinski definition) is 1. The summed E-state index contributed by atoms with van der Waals surface area (Å²) in [7, 11) is 1.85. The summed E-state index contributed by atoms with van der Waals surface area (Å²) < 4.78 is 0. The van der Waals surface area contributed by atoms with Crippen molar-refractivity contribution < 1.29 is 4.79 Å². The van der Waals surface area contributed by atoms with Crippen molar-refractivity contribution in [1.82, 2.24) is 4.90 Å². The molecule has 0 spiro atoms. The molecule has 0 saturated carbocycles. The normalized spacial score (nSPS) is 11.0. The first-order valence-corrected chi connectivity index (χ1v) is 9.25. The number of likely N-dealkylation sites (N-methyl/N-ethyl adjacent to an activating group) is 1. The minimum Gasteiger partial charge on any atom is -0.342 e. The summed E-state index contributed by atoms with van der Waals surface area (Å²) in [5.41, 5.74) is 0. The van der Waals surface area contributed by atoms with E-state index in [1.54, 1.807) is 4.90 Å². The van der Waals surface area contributed by atoms with Crippen molar-refractivity contribution in [2.75, 3.05) is 13.6 Å². The van der Waals surface area contributed by atoms with Crippen LogP contribution in [0.25, 0.3) is 0 Å². The van der Waals surface area contributed by atoms with E-state index in [2.05, 4.69) is 25.7 Å². The molecule has 0 rings (SSSR count). The lowest BCUT2D eigenvalue weighted by molar-refractivity contribution is -0.124. The molecule has 0 aromatic heterocycles. The van der Waals surface area contributed by atoms with Gasteiger partial charge in [0.2, 0.25) is 5.91 Å². The van der Waals surface area contributed by atoms with Crippen LogP contribution in [0.2, 0.25) is 0 Å². The van der Waals surface area contributed by atoms with Gasteiger partial charge >= 0.3 is 0 Å². The maximum absolute atomic E-state index is 11.3. The molecule has 0 aromatic carbocycles. The summed E-state index contributed by atoms with van der Waals surface area (Å²) in [5, 5.41) is 0. The van der Waals surface area contributed by atoms with Crippen molar-refractivity contribution in [2.45, 2.75) is 84.0 Å². The van der Waals surface area contributed by atoms with Gasteiger partial charge in [-0.2, -0.15) is 0 Å². The molecule has 0 heterocycles. The number of hydrogen-bond donors (Lipinski definition) is 0. The zero-order valence-corrected chi connectivity index (χ0v) is 15.0. The summed E-state index contributed by atoms with van der Waals surface area (Å²) in [4.78, 5) is 13.0. The molecule has 2 nitrogen and oxygen atoms in total. The topological polar surface area (TPSA) is 20.3 Å². The van der Waals surface area contributed by atoms with E-state index in [1.807, 2.05) is 7.05 Å². The Morgan fingerprint density at radius 3 is 1.91 bits per heavy atom. The van der Waals surface area contributed by atoms with Crippen LogP contribution in [-0.2, 0) is 4.79 Å². The van der Waals surface area contributed by atoms with Gasteiger partial charge in [-0.05, 0) is 38.2 Å². The Morgan fingerprint density at radius 2 is 1.36 bits per heavy atom. The van der Waals surface area contributed by atoms with Crippen LogP contribution in [0.5, 0.6) is 0 Å². The third kappa shape index (κ3) is 13.9. The average molecular weight is 308 g/mol. The Kier molecular flexibility index (Phi) is 15.5. The molecular formula is C20H37NO. The van der Waals surface area contributed by atoms with Crippen LogP contribution in [0.4, 0.5) is 0 Å². The molecule has 128 valence electrons. The van der Waals surface area contributed by atoms with Gasteiger partial charge in [-0.25, -0.2) is 0 Å². The van der Waals surface area contributed by atoms with Crippen molar-refractivity contribution in [3.8, 4) is 0 Å². The summed E-state index contributed by atoms with van der Waals surface area (Å²) in [6, 6.07) is 0. The van der Waals surface area contributed by atoms with E-state index in [-0.39, 0.29) is 5.91 Å². The molecular weight excluding hydrogens is 270 g/mol. The predicted molar refractivity (Wildman–Crippen MR) is 98.1 cm³/mol. The van der Waals surface area contributed by atoms with Gasteiger partial charge in [0, 0.05) is 13.6 Å². The molecule has 0 atom stereocenters. The molecule has 0 aliphatic rings. The highest BCUT2D eigenvalue weighted by Crippen LogP contribution is 2.09. The van der Waals surface area contributed by atoms with Crippen molar-refractivity contribution in [1.29, 1.82) is 0 Å².